The van der Waals surface area contributed by atoms with Gasteiger partial charge in [0.15, 0.2) is 0 Å². The molecule has 0 aliphatic heterocycles. The molecular formula is C55H37N. The van der Waals surface area contributed by atoms with E-state index in [0.29, 0.717) is 0 Å². The normalized spacial score (nSPS) is 11.2. The maximum absolute atomic E-state index is 5.47. The molecule has 0 spiro atoms. The Kier molecular flexibility index (Phi) is 8.59. The number of fused-ring (bicyclic) bond motifs is 2. The topological polar surface area (TPSA) is 12.9 Å². The van der Waals surface area contributed by atoms with Gasteiger partial charge in [0.05, 0.1) is 11.4 Å². The summed E-state index contributed by atoms with van der Waals surface area (Å²) in [7, 11) is 0. The molecule has 1 heterocycles. The van der Waals surface area contributed by atoms with E-state index in [2.05, 4.69) is 224 Å². The summed E-state index contributed by atoms with van der Waals surface area (Å²) in [6, 6.07) is 80.7. The largest absolute Gasteiger partial charge is 0.247 e. The predicted molar refractivity (Wildman–Crippen MR) is 237 cm³/mol. The molecule has 10 aromatic rings. The molecule has 0 aliphatic rings. The van der Waals surface area contributed by atoms with E-state index in [1.807, 2.05) is 0 Å². The average Bonchev–Trinajstić information content (AvgIpc) is 3.29. The third kappa shape index (κ3) is 6.36. The fraction of sp³-hybridized carbons (Fsp3) is 0. The van der Waals surface area contributed by atoms with E-state index in [1.54, 1.807) is 0 Å². The van der Waals surface area contributed by atoms with Crippen LogP contribution in [-0.4, -0.2) is 4.98 Å². The van der Waals surface area contributed by atoms with E-state index in [9.17, 15) is 0 Å². The summed E-state index contributed by atoms with van der Waals surface area (Å²) in [5, 5.41) is 4.73. The quantitative estimate of drug-likeness (QED) is 0.160. The Labute approximate surface area is 327 Å². The Bertz CT molecular complexity index is 2940. The van der Waals surface area contributed by atoms with Crippen molar-refractivity contribution in [2.24, 2.45) is 0 Å². The van der Waals surface area contributed by atoms with Crippen molar-refractivity contribution in [3.63, 3.8) is 0 Å². The van der Waals surface area contributed by atoms with Gasteiger partial charge in [-0.1, -0.05) is 188 Å². The van der Waals surface area contributed by atoms with Crippen molar-refractivity contribution in [1.29, 1.82) is 0 Å². The Balaban J connectivity index is 1.07. The van der Waals surface area contributed by atoms with Crippen LogP contribution in [0.3, 0.4) is 0 Å². The average molecular weight is 712 g/mol. The third-order valence-electron chi connectivity index (χ3n) is 10.8. The standard InChI is InChI=1S/C55H37N/c1-4-16-38(17-5-1)46-34-47(39-18-6-2-7-19-39)36-48(35-46)43-25-14-23-41(32-43)42-24-15-26-45(33-42)54-37-44-22-10-11-27-50(44)55(56-54)53-31-30-49(40-20-8-3-9-21-40)51-28-12-13-29-52(51)53/h1-37H. The Morgan fingerprint density at radius 3 is 1.23 bits per heavy atom. The van der Waals surface area contributed by atoms with Crippen LogP contribution in [0.15, 0.2) is 224 Å². The molecule has 0 bridgehead atoms. The van der Waals surface area contributed by atoms with Crippen molar-refractivity contribution >= 4 is 21.5 Å². The number of pyridine rings is 1. The number of nitrogens with zero attached hydrogens (tertiary/aromatic N) is 1. The van der Waals surface area contributed by atoms with Crippen LogP contribution in [0.1, 0.15) is 0 Å². The van der Waals surface area contributed by atoms with E-state index < -0.39 is 0 Å². The number of rotatable bonds is 7. The maximum Gasteiger partial charge on any atom is 0.0794 e. The van der Waals surface area contributed by atoms with E-state index in [-0.39, 0.29) is 0 Å². The van der Waals surface area contributed by atoms with Crippen LogP contribution in [0.4, 0.5) is 0 Å². The van der Waals surface area contributed by atoms with Gasteiger partial charge in [0.25, 0.3) is 0 Å². The van der Waals surface area contributed by atoms with Gasteiger partial charge in [-0.2, -0.15) is 0 Å². The molecule has 10 rings (SSSR count). The van der Waals surface area contributed by atoms with E-state index in [0.717, 1.165) is 33.5 Å². The summed E-state index contributed by atoms with van der Waals surface area (Å²) < 4.78 is 0. The molecule has 1 heteroatoms. The van der Waals surface area contributed by atoms with Gasteiger partial charge in [0.2, 0.25) is 0 Å². The van der Waals surface area contributed by atoms with Crippen molar-refractivity contribution < 1.29 is 0 Å². The summed E-state index contributed by atoms with van der Waals surface area (Å²) in [6.45, 7) is 0. The monoisotopic (exact) mass is 711 g/mol. The SMILES string of the molecule is c1ccc(-c2cc(-c3ccccc3)cc(-c3cccc(-c4cccc(-c5cc6ccccc6c(-c6ccc(-c7ccccc7)c7ccccc67)n5)c4)c3)c2)cc1. The van der Waals surface area contributed by atoms with Gasteiger partial charge in [-0.15, -0.1) is 0 Å². The van der Waals surface area contributed by atoms with E-state index in [4.69, 9.17) is 4.98 Å². The van der Waals surface area contributed by atoms with Crippen LogP contribution in [-0.2, 0) is 0 Å². The van der Waals surface area contributed by atoms with Crippen LogP contribution in [0.25, 0.3) is 99.7 Å². The van der Waals surface area contributed by atoms with Gasteiger partial charge >= 0.3 is 0 Å². The van der Waals surface area contributed by atoms with E-state index >= 15 is 0 Å². The molecule has 262 valence electrons. The molecule has 0 N–H and O–H groups in total. The minimum absolute atomic E-state index is 0.955. The second-order valence-electron chi connectivity index (χ2n) is 14.3. The molecule has 0 radical (unpaired) electrons. The summed E-state index contributed by atoms with van der Waals surface area (Å²) in [5.41, 5.74) is 16.1. The fourth-order valence-electron chi connectivity index (χ4n) is 8.05. The minimum atomic E-state index is 0.955. The summed E-state index contributed by atoms with van der Waals surface area (Å²) in [6.07, 6.45) is 0. The molecular weight excluding hydrogens is 675 g/mol. The molecule has 1 nitrogen and oxygen atoms in total. The third-order valence-corrected chi connectivity index (χ3v) is 10.8. The second-order valence-corrected chi connectivity index (χ2v) is 14.3. The zero-order valence-electron chi connectivity index (χ0n) is 30.8. The summed E-state index contributed by atoms with van der Waals surface area (Å²) in [5.74, 6) is 0. The molecule has 9 aromatic carbocycles. The van der Waals surface area contributed by atoms with Gasteiger partial charge in [-0.05, 0) is 108 Å². The lowest BCUT2D eigenvalue weighted by molar-refractivity contribution is 1.36. The van der Waals surface area contributed by atoms with Crippen LogP contribution in [0.2, 0.25) is 0 Å². The van der Waals surface area contributed by atoms with Crippen LogP contribution in [0.5, 0.6) is 0 Å². The highest BCUT2D eigenvalue weighted by molar-refractivity contribution is 6.09. The van der Waals surface area contributed by atoms with Gasteiger partial charge in [0, 0.05) is 16.5 Å². The molecule has 0 amide bonds. The Hall–Kier alpha value is -7.35. The molecule has 0 aliphatic carbocycles. The highest BCUT2D eigenvalue weighted by Gasteiger charge is 2.16. The fourth-order valence-corrected chi connectivity index (χ4v) is 8.05. The molecule has 0 unspecified atom stereocenters. The Morgan fingerprint density at radius 2 is 0.625 bits per heavy atom. The number of aromatic nitrogens is 1. The lowest BCUT2D eigenvalue weighted by Crippen LogP contribution is -1.93. The van der Waals surface area contributed by atoms with Crippen molar-refractivity contribution in [2.75, 3.05) is 0 Å². The number of hydrogen-bond donors (Lipinski definition) is 0. The zero-order chi connectivity index (χ0) is 37.3. The molecule has 0 atom stereocenters. The summed E-state index contributed by atoms with van der Waals surface area (Å²) >= 11 is 0. The first-order valence-corrected chi connectivity index (χ1v) is 19.2. The van der Waals surface area contributed by atoms with Gasteiger partial charge in [-0.25, -0.2) is 4.98 Å². The van der Waals surface area contributed by atoms with E-state index in [1.165, 1.54) is 66.2 Å². The number of hydrogen-bond acceptors (Lipinski definition) is 1. The first-order chi connectivity index (χ1) is 27.7. The Morgan fingerprint density at radius 1 is 0.232 bits per heavy atom. The van der Waals surface area contributed by atoms with Gasteiger partial charge < -0.3 is 0 Å². The van der Waals surface area contributed by atoms with Gasteiger partial charge in [-0.3, -0.25) is 0 Å². The highest BCUT2D eigenvalue weighted by Crippen LogP contribution is 2.40. The minimum Gasteiger partial charge on any atom is -0.247 e. The second kappa shape index (κ2) is 14.5. The highest BCUT2D eigenvalue weighted by atomic mass is 14.7. The molecule has 0 saturated heterocycles. The first kappa shape index (κ1) is 33.2. The van der Waals surface area contributed by atoms with Crippen molar-refractivity contribution in [3.05, 3.63) is 224 Å². The lowest BCUT2D eigenvalue weighted by atomic mass is 9.91. The first-order valence-electron chi connectivity index (χ1n) is 19.2. The molecule has 0 saturated carbocycles. The smallest absolute Gasteiger partial charge is 0.0794 e. The van der Waals surface area contributed by atoms with Crippen molar-refractivity contribution in [1.82, 2.24) is 4.98 Å². The van der Waals surface area contributed by atoms with Crippen LogP contribution >= 0.6 is 0 Å². The van der Waals surface area contributed by atoms with Gasteiger partial charge in [0.1, 0.15) is 0 Å². The van der Waals surface area contributed by atoms with Crippen LogP contribution < -0.4 is 0 Å². The molecule has 0 fully saturated rings. The summed E-state index contributed by atoms with van der Waals surface area (Å²) in [4.78, 5) is 5.47. The maximum atomic E-state index is 5.47. The van der Waals surface area contributed by atoms with Crippen LogP contribution in [0, 0.1) is 0 Å². The van der Waals surface area contributed by atoms with Crippen molar-refractivity contribution in [2.45, 2.75) is 0 Å². The van der Waals surface area contributed by atoms with Crippen molar-refractivity contribution in [3.8, 4) is 78.1 Å². The zero-order valence-corrected chi connectivity index (χ0v) is 30.8. The predicted octanol–water partition coefficient (Wildman–Crippen LogP) is 15.1. The number of benzene rings is 9. The molecule has 1 aromatic heterocycles. The lowest BCUT2D eigenvalue weighted by Gasteiger charge is -2.15. The molecule has 56 heavy (non-hydrogen) atoms.